The van der Waals surface area contributed by atoms with Gasteiger partial charge < -0.3 is 18.9 Å². The standard InChI is InChI=1S/C92H92N4O4/c1-5-9-13-17-43-97-65-77-49-73-31-27-69-23-21-24-70(47-69)28-32-74-50-78(66-98-44-18-14-10-6-2)59-87(54-74)83-37-41-91(95-63-83)92-42-38-84(64-96-92)88-56-76(52-80(60-88)68-100-46-20-16-12-8-4)34-30-72-26-22-25-71(48-72)29-33-75-51-79(67-99-45-19-15-11-7-3)58-86(55-75)82-36-40-90(94-62-82)89-39-35-81(61-93-89)85(53-73)57-77/h21-26,35-42,47-64H,5-20,43-46,65-68H2,1-4H3. The van der Waals surface area contributed by atoms with E-state index in [1.165, 1.54) is 51.4 Å². The molecule has 504 valence electrons. The number of hydrogen-bond donors (Lipinski definition) is 0. The molecule has 0 aliphatic heterocycles. The van der Waals surface area contributed by atoms with E-state index >= 15 is 0 Å². The van der Waals surface area contributed by atoms with E-state index in [0.29, 0.717) is 52.9 Å². The van der Waals surface area contributed by atoms with Gasteiger partial charge in [-0.25, -0.2) is 0 Å². The minimum atomic E-state index is 0.489. The maximum atomic E-state index is 6.27. The monoisotopic (exact) mass is 1320 g/mol. The number of hydrogen-bond acceptors (Lipinski definition) is 8. The molecule has 0 aliphatic carbocycles. The maximum absolute atomic E-state index is 6.27. The Morgan fingerprint density at radius 3 is 0.690 bits per heavy atom. The second-order valence-electron chi connectivity index (χ2n) is 26.0. The van der Waals surface area contributed by atoms with Gasteiger partial charge in [-0.1, -0.05) is 190 Å². The summed E-state index contributed by atoms with van der Waals surface area (Å²) in [7, 11) is 0. The number of unbranched alkanes of at least 4 members (excludes halogenated alkanes) is 12. The molecule has 8 nitrogen and oxygen atoms in total. The molecule has 0 saturated heterocycles. The highest BCUT2D eigenvalue weighted by Gasteiger charge is 2.06. The van der Waals surface area contributed by atoms with Crippen molar-refractivity contribution in [1.29, 1.82) is 0 Å². The van der Waals surface area contributed by atoms with E-state index in [4.69, 9.17) is 38.9 Å². The zero-order chi connectivity index (χ0) is 68.8. The fourth-order valence-electron chi connectivity index (χ4n) is 12.1. The van der Waals surface area contributed by atoms with Crippen LogP contribution in [0.15, 0.2) is 195 Å². The topological polar surface area (TPSA) is 88.5 Å². The number of nitrogens with zero attached hydrogens (tertiary/aromatic N) is 4. The second-order valence-corrected chi connectivity index (χ2v) is 26.0. The lowest BCUT2D eigenvalue weighted by atomic mass is 10.1. The SMILES string of the molecule is CCCCCCOCc1cc2c#cc3cccc(c#cc4cc(COCCCCCC)cc(c4)c4ccc(nc4)c4ccc(cn4)c4cc(COCCCCCC)cc(c#cc5cccc(c#cc6cc(COCCCCCC)cc(c6)c6ccc(nc6)c6ccc(cn6)c(c1)c2)c5)c4)c3. The summed E-state index contributed by atoms with van der Waals surface area (Å²) in [4.78, 5) is 20.0. The molecule has 17 rings (SSSR count). The van der Waals surface area contributed by atoms with Crippen molar-refractivity contribution < 1.29 is 18.9 Å². The van der Waals surface area contributed by atoms with Crippen LogP contribution in [0.5, 0.6) is 0 Å². The Hall–Kier alpha value is -10.0. The van der Waals surface area contributed by atoms with Crippen LogP contribution in [0, 0.1) is 48.5 Å². The van der Waals surface area contributed by atoms with E-state index < -0.39 is 0 Å². The third-order valence-corrected chi connectivity index (χ3v) is 17.7. The lowest BCUT2D eigenvalue weighted by Gasteiger charge is -2.06. The van der Waals surface area contributed by atoms with E-state index in [2.05, 4.69) is 185 Å². The van der Waals surface area contributed by atoms with Crippen LogP contribution in [0.1, 0.15) is 153 Å². The van der Waals surface area contributed by atoms with Crippen molar-refractivity contribution in [3.8, 4) is 0 Å². The Labute approximate surface area is 592 Å². The van der Waals surface area contributed by atoms with Crippen molar-refractivity contribution in [3.63, 3.8) is 0 Å². The first kappa shape index (κ1) is 71.3. The summed E-state index contributed by atoms with van der Waals surface area (Å²) in [6, 6.07) is 86.8. The van der Waals surface area contributed by atoms with Crippen molar-refractivity contribution in [2.45, 2.75) is 157 Å². The third kappa shape index (κ3) is 22.0. The molecule has 10 heterocycles. The van der Waals surface area contributed by atoms with E-state index in [9.17, 15) is 0 Å². The highest BCUT2D eigenvalue weighted by molar-refractivity contribution is 5.91. The first-order valence-corrected chi connectivity index (χ1v) is 36.3. The van der Waals surface area contributed by atoms with Crippen LogP contribution in [0.4, 0.5) is 0 Å². The van der Waals surface area contributed by atoms with E-state index in [1.54, 1.807) is 0 Å². The van der Waals surface area contributed by atoms with Gasteiger partial charge in [0.1, 0.15) is 0 Å². The zero-order valence-corrected chi connectivity index (χ0v) is 58.9. The Bertz CT molecular complexity index is 4280. The van der Waals surface area contributed by atoms with Crippen LogP contribution in [0.3, 0.4) is 0 Å². The largest absolute Gasteiger partial charge is 0.377 e. The van der Waals surface area contributed by atoms with Gasteiger partial charge in [0.15, 0.2) is 0 Å². The third-order valence-electron chi connectivity index (χ3n) is 17.7. The van der Waals surface area contributed by atoms with E-state index in [1.807, 2.05) is 85.5 Å². The summed E-state index contributed by atoms with van der Waals surface area (Å²) in [5.74, 6) is 0. The Morgan fingerprint density at radius 1 is 0.230 bits per heavy atom. The Kier molecular flexibility index (Phi) is 27.4. The average molecular weight is 1320 g/mol. The molecule has 0 amide bonds. The number of pyridine rings is 4. The molecule has 20 bridgehead atoms. The van der Waals surface area contributed by atoms with Crippen molar-refractivity contribution in [3.05, 3.63) is 265 Å². The number of aromatic nitrogens is 4. The van der Waals surface area contributed by atoms with E-state index in [0.717, 1.165) is 182 Å². The maximum Gasteiger partial charge on any atom is 0.0886 e. The molecule has 0 fully saturated rings. The van der Waals surface area contributed by atoms with Crippen molar-refractivity contribution in [2.24, 2.45) is 0 Å². The summed E-state index contributed by atoms with van der Waals surface area (Å²) in [6.45, 7) is 13.7. The molecule has 0 saturated carbocycles. The van der Waals surface area contributed by atoms with Crippen LogP contribution in [0.25, 0.3) is 108 Å². The molecule has 0 radical (unpaired) electrons. The normalized spacial score (nSPS) is 11.0. The van der Waals surface area contributed by atoms with Crippen molar-refractivity contribution in [2.75, 3.05) is 26.4 Å². The molecule has 0 aliphatic rings. The van der Waals surface area contributed by atoms with Gasteiger partial charge in [0, 0.05) is 116 Å². The Balaban J connectivity index is 1.04. The molecule has 8 heteroatoms. The van der Waals surface area contributed by atoms with Gasteiger partial charge in [0.2, 0.25) is 0 Å². The smallest absolute Gasteiger partial charge is 0.0886 e. The summed E-state index contributed by atoms with van der Waals surface area (Å²) in [6.07, 6.45) is 26.1. The van der Waals surface area contributed by atoms with Crippen LogP contribution < -0.4 is 0 Å². The summed E-state index contributed by atoms with van der Waals surface area (Å²) in [5, 5.41) is 15.0. The van der Waals surface area contributed by atoms with Gasteiger partial charge in [-0.2, -0.15) is 0 Å². The predicted molar refractivity (Wildman–Crippen MR) is 416 cm³/mol. The van der Waals surface area contributed by atoms with Crippen LogP contribution in [0.2, 0.25) is 0 Å². The van der Waals surface area contributed by atoms with Gasteiger partial charge >= 0.3 is 0 Å². The van der Waals surface area contributed by atoms with Crippen molar-refractivity contribution in [1.82, 2.24) is 19.9 Å². The molecule has 0 unspecified atom stereocenters. The minimum absolute atomic E-state index is 0.489. The average Bonchev–Trinajstić information content (AvgIpc) is 0.847. The van der Waals surface area contributed by atoms with Crippen LogP contribution in [-0.4, -0.2) is 46.4 Å². The molecule has 100 heavy (non-hydrogen) atoms. The van der Waals surface area contributed by atoms with Crippen molar-refractivity contribution >= 4 is 108 Å². The molecule has 0 atom stereocenters. The predicted octanol–water partition coefficient (Wildman–Crippen LogP) is 23.8. The molecular formula is C92H92N4O4. The summed E-state index contributed by atoms with van der Waals surface area (Å²) >= 11 is 0. The number of ether oxygens (including phenoxy) is 4. The molecular weight excluding hydrogens is 1230 g/mol. The first-order chi connectivity index (χ1) is 49.3. The van der Waals surface area contributed by atoms with Gasteiger partial charge in [0.05, 0.1) is 48.5 Å². The van der Waals surface area contributed by atoms with Gasteiger partial charge in [-0.05, 0) is 203 Å². The number of benzene rings is 6. The molecule has 7 aromatic carbocycles. The van der Waals surface area contributed by atoms with Crippen LogP contribution >= 0.6 is 0 Å². The minimum Gasteiger partial charge on any atom is -0.377 e. The molecule has 10 aromatic heterocycles. The molecule has 0 spiro atoms. The Morgan fingerprint density at radius 2 is 0.470 bits per heavy atom. The van der Waals surface area contributed by atoms with Gasteiger partial charge in [0.25, 0.3) is 0 Å². The fraction of sp³-hybridized carbons (Fsp3) is 0.304. The van der Waals surface area contributed by atoms with Crippen LogP contribution in [-0.2, 0) is 45.4 Å². The first-order valence-electron chi connectivity index (χ1n) is 36.3. The lowest BCUT2D eigenvalue weighted by molar-refractivity contribution is 0.117. The fourth-order valence-corrected chi connectivity index (χ4v) is 12.1. The van der Waals surface area contributed by atoms with Gasteiger partial charge in [-0.3, -0.25) is 19.9 Å². The highest BCUT2D eigenvalue weighted by atomic mass is 16.5. The number of rotatable bonds is 28. The van der Waals surface area contributed by atoms with E-state index in [-0.39, 0.29) is 0 Å². The molecule has 0 N–H and O–H groups in total. The zero-order valence-electron chi connectivity index (χ0n) is 58.9. The molecule has 17 aromatic rings. The highest BCUT2D eigenvalue weighted by Crippen LogP contribution is 2.25. The second kappa shape index (κ2) is 38.4. The quantitative estimate of drug-likeness (QED) is 0.0448. The van der Waals surface area contributed by atoms with Gasteiger partial charge in [-0.15, -0.1) is 0 Å². The summed E-state index contributed by atoms with van der Waals surface area (Å²) in [5.41, 5.74) is 7.34. The summed E-state index contributed by atoms with van der Waals surface area (Å²) < 4.78 is 25.1. The lowest BCUT2D eigenvalue weighted by Crippen LogP contribution is -1.95.